The zero-order chi connectivity index (χ0) is 23.4. The number of phenolic OH excluding ortho intramolecular Hbond substituents is 2. The Kier molecular flexibility index (Phi) is 6.22. The van der Waals surface area contributed by atoms with Gasteiger partial charge in [0.2, 0.25) is 0 Å². The number of aromatic nitrogens is 1. The third kappa shape index (κ3) is 4.62. The van der Waals surface area contributed by atoms with Gasteiger partial charge in [-0.25, -0.2) is 10.4 Å². The van der Waals surface area contributed by atoms with Gasteiger partial charge in [0, 0.05) is 16.5 Å². The lowest BCUT2D eigenvalue weighted by Crippen LogP contribution is -2.20. The fourth-order valence-electron chi connectivity index (χ4n) is 3.56. The Hall–Kier alpha value is -4.39. The maximum absolute atomic E-state index is 13.2. The third-order valence-corrected chi connectivity index (χ3v) is 5.24. The number of para-hydroxylation sites is 1. The number of pyridine rings is 1. The van der Waals surface area contributed by atoms with E-state index in [-0.39, 0.29) is 11.5 Å². The SMILES string of the molecule is CC/C(=N/NC(=O)c1cc(-c2cccc(OC)c2)nc2ccccc12)c1cc(O)ccc1O. The monoisotopic (exact) mass is 441 g/mol. The highest BCUT2D eigenvalue weighted by Gasteiger charge is 2.15. The molecule has 0 aliphatic carbocycles. The Bertz CT molecular complexity index is 1370. The van der Waals surface area contributed by atoms with Gasteiger partial charge < -0.3 is 14.9 Å². The molecular weight excluding hydrogens is 418 g/mol. The lowest BCUT2D eigenvalue weighted by molar-refractivity contribution is 0.0956. The molecule has 3 aromatic carbocycles. The minimum atomic E-state index is -0.414. The highest BCUT2D eigenvalue weighted by Crippen LogP contribution is 2.28. The van der Waals surface area contributed by atoms with Crippen molar-refractivity contribution in [1.29, 1.82) is 0 Å². The van der Waals surface area contributed by atoms with Crippen LogP contribution in [-0.2, 0) is 0 Å². The second-order valence-electron chi connectivity index (χ2n) is 7.36. The Labute approximate surface area is 191 Å². The van der Waals surface area contributed by atoms with E-state index in [1.54, 1.807) is 13.2 Å². The molecule has 0 fully saturated rings. The van der Waals surface area contributed by atoms with Crippen LogP contribution >= 0.6 is 0 Å². The standard InChI is InChI=1S/C26H23N3O4/c1-3-22(21-14-17(30)11-12-25(21)31)28-29-26(32)20-15-24(16-7-6-8-18(13-16)33-2)27-23-10-5-4-9-19(20)23/h4-15,30-31H,3H2,1-2H3,(H,29,32)/b28-22-. The smallest absolute Gasteiger partial charge is 0.272 e. The van der Waals surface area contributed by atoms with Crippen molar-refractivity contribution in [2.24, 2.45) is 5.10 Å². The van der Waals surface area contributed by atoms with E-state index in [4.69, 9.17) is 9.72 Å². The lowest BCUT2D eigenvalue weighted by atomic mass is 10.0. The van der Waals surface area contributed by atoms with Crippen LogP contribution < -0.4 is 10.2 Å². The first-order valence-electron chi connectivity index (χ1n) is 10.4. The first-order chi connectivity index (χ1) is 16.0. The van der Waals surface area contributed by atoms with Crippen LogP contribution in [0.25, 0.3) is 22.2 Å². The van der Waals surface area contributed by atoms with E-state index in [0.717, 1.165) is 5.56 Å². The minimum absolute atomic E-state index is 0.00154. The molecule has 0 saturated heterocycles. The van der Waals surface area contributed by atoms with Gasteiger partial charge in [-0.1, -0.05) is 37.3 Å². The molecule has 0 spiro atoms. The number of nitrogens with zero attached hydrogens (tertiary/aromatic N) is 2. The van der Waals surface area contributed by atoms with Crippen molar-refractivity contribution < 1.29 is 19.7 Å². The number of hydrazone groups is 1. The first-order valence-corrected chi connectivity index (χ1v) is 10.4. The second kappa shape index (κ2) is 9.40. The number of aromatic hydroxyl groups is 2. The van der Waals surface area contributed by atoms with E-state index in [1.807, 2.05) is 55.5 Å². The number of phenols is 2. The molecule has 0 unspecified atom stereocenters. The Morgan fingerprint density at radius 1 is 1.00 bits per heavy atom. The van der Waals surface area contributed by atoms with E-state index in [1.165, 1.54) is 18.2 Å². The third-order valence-electron chi connectivity index (χ3n) is 5.24. The second-order valence-corrected chi connectivity index (χ2v) is 7.36. The van der Waals surface area contributed by atoms with Crippen molar-refractivity contribution in [2.45, 2.75) is 13.3 Å². The number of amides is 1. The van der Waals surface area contributed by atoms with E-state index in [9.17, 15) is 15.0 Å². The van der Waals surface area contributed by atoms with Crippen LogP contribution in [0.2, 0.25) is 0 Å². The number of carbonyl (C=O) groups excluding carboxylic acids is 1. The Balaban J connectivity index is 1.74. The molecule has 0 bridgehead atoms. The predicted molar refractivity (Wildman–Crippen MR) is 128 cm³/mol. The largest absolute Gasteiger partial charge is 0.508 e. The van der Waals surface area contributed by atoms with E-state index in [0.29, 0.717) is 45.6 Å². The number of ether oxygens (including phenoxy) is 1. The summed E-state index contributed by atoms with van der Waals surface area (Å²) in [6.07, 6.45) is 0.434. The van der Waals surface area contributed by atoms with E-state index < -0.39 is 5.91 Å². The summed E-state index contributed by atoms with van der Waals surface area (Å²) in [7, 11) is 1.60. The Morgan fingerprint density at radius 2 is 1.82 bits per heavy atom. The molecule has 0 aliphatic rings. The molecule has 4 aromatic rings. The highest BCUT2D eigenvalue weighted by molar-refractivity contribution is 6.08. The zero-order valence-electron chi connectivity index (χ0n) is 18.2. The fourth-order valence-corrected chi connectivity index (χ4v) is 3.56. The van der Waals surface area contributed by atoms with Crippen molar-refractivity contribution in [3.05, 3.63) is 83.9 Å². The summed E-state index contributed by atoms with van der Waals surface area (Å²) in [4.78, 5) is 17.9. The summed E-state index contributed by atoms with van der Waals surface area (Å²) < 4.78 is 5.32. The number of hydrogen-bond donors (Lipinski definition) is 3. The molecule has 0 aliphatic heterocycles. The normalized spacial score (nSPS) is 11.4. The van der Waals surface area contributed by atoms with Crippen molar-refractivity contribution in [3.8, 4) is 28.5 Å². The molecule has 1 amide bonds. The molecule has 0 radical (unpaired) electrons. The average Bonchev–Trinajstić information content (AvgIpc) is 2.85. The number of hydrogen-bond acceptors (Lipinski definition) is 6. The molecule has 166 valence electrons. The topological polar surface area (TPSA) is 104 Å². The maximum Gasteiger partial charge on any atom is 0.272 e. The molecule has 7 heteroatoms. The minimum Gasteiger partial charge on any atom is -0.508 e. The highest BCUT2D eigenvalue weighted by atomic mass is 16.5. The summed E-state index contributed by atoms with van der Waals surface area (Å²) >= 11 is 0. The molecule has 4 rings (SSSR count). The summed E-state index contributed by atoms with van der Waals surface area (Å²) in [5.41, 5.74) is 5.91. The molecule has 3 N–H and O–H groups in total. The maximum atomic E-state index is 13.2. The summed E-state index contributed by atoms with van der Waals surface area (Å²) in [5.74, 6) is 0.246. The van der Waals surface area contributed by atoms with Crippen molar-refractivity contribution >= 4 is 22.5 Å². The van der Waals surface area contributed by atoms with Crippen LogP contribution in [0.1, 0.15) is 29.3 Å². The number of carbonyl (C=O) groups is 1. The molecule has 1 heterocycles. The van der Waals surface area contributed by atoms with Crippen molar-refractivity contribution in [2.75, 3.05) is 7.11 Å². The van der Waals surface area contributed by atoms with Gasteiger partial charge in [-0.3, -0.25) is 4.79 Å². The summed E-state index contributed by atoms with van der Waals surface area (Å²) in [5, 5.41) is 24.8. The molecular formula is C26H23N3O4. The van der Waals surface area contributed by atoms with Crippen LogP contribution in [-0.4, -0.2) is 33.9 Å². The lowest BCUT2D eigenvalue weighted by Gasteiger charge is -2.11. The number of nitrogens with one attached hydrogen (secondary N) is 1. The van der Waals surface area contributed by atoms with Crippen molar-refractivity contribution in [3.63, 3.8) is 0 Å². The van der Waals surface area contributed by atoms with Gasteiger partial charge in [-0.15, -0.1) is 0 Å². The fraction of sp³-hybridized carbons (Fsp3) is 0.115. The van der Waals surface area contributed by atoms with Crippen LogP contribution in [0.5, 0.6) is 17.2 Å². The van der Waals surface area contributed by atoms with Crippen molar-refractivity contribution in [1.82, 2.24) is 10.4 Å². The molecule has 0 saturated carbocycles. The van der Waals surface area contributed by atoms with Gasteiger partial charge in [0.05, 0.1) is 29.6 Å². The van der Waals surface area contributed by atoms with Crippen LogP contribution in [0.3, 0.4) is 0 Å². The summed E-state index contributed by atoms with van der Waals surface area (Å²) in [6.45, 7) is 1.84. The first kappa shape index (κ1) is 21.8. The summed E-state index contributed by atoms with van der Waals surface area (Å²) in [6, 6.07) is 20.8. The number of methoxy groups -OCH3 is 1. The van der Waals surface area contributed by atoms with Gasteiger partial charge in [0.25, 0.3) is 5.91 Å². The zero-order valence-corrected chi connectivity index (χ0v) is 18.2. The van der Waals surface area contributed by atoms with Crippen LogP contribution in [0.4, 0.5) is 0 Å². The van der Waals surface area contributed by atoms with Gasteiger partial charge in [0.15, 0.2) is 0 Å². The van der Waals surface area contributed by atoms with Gasteiger partial charge in [-0.05, 0) is 48.9 Å². The molecule has 0 atom stereocenters. The number of fused-ring (bicyclic) bond motifs is 1. The van der Waals surface area contributed by atoms with Gasteiger partial charge in [-0.2, -0.15) is 5.10 Å². The Morgan fingerprint density at radius 3 is 2.61 bits per heavy atom. The molecule has 33 heavy (non-hydrogen) atoms. The predicted octanol–water partition coefficient (Wildman–Crippen LogP) is 4.87. The number of benzene rings is 3. The quantitative estimate of drug-likeness (QED) is 0.225. The van der Waals surface area contributed by atoms with Gasteiger partial charge in [0.1, 0.15) is 17.2 Å². The molecule has 7 nitrogen and oxygen atoms in total. The van der Waals surface area contributed by atoms with E-state index >= 15 is 0 Å². The van der Waals surface area contributed by atoms with E-state index in [2.05, 4.69) is 10.5 Å². The van der Waals surface area contributed by atoms with Crippen LogP contribution in [0.15, 0.2) is 77.9 Å². The number of rotatable bonds is 6. The van der Waals surface area contributed by atoms with Gasteiger partial charge >= 0.3 is 0 Å². The average molecular weight is 441 g/mol. The van der Waals surface area contributed by atoms with Crippen LogP contribution in [0, 0.1) is 0 Å². The molecule has 1 aromatic heterocycles.